The second kappa shape index (κ2) is 13.0. The van der Waals surface area contributed by atoms with Gasteiger partial charge in [0, 0.05) is 14.5 Å². The molecule has 0 saturated heterocycles. The topological polar surface area (TPSA) is 88.3 Å². The monoisotopic (exact) mass is 802 g/mol. The fraction of sp³-hybridized carbons (Fsp3) is 0.250. The van der Waals surface area contributed by atoms with E-state index in [9.17, 15) is 9.59 Å². The summed E-state index contributed by atoms with van der Waals surface area (Å²) in [6, 6.07) is 6.48. The Morgan fingerprint density at radius 3 is 2.55 bits per heavy atom. The molecule has 1 aliphatic heterocycles. The number of thiazole rings is 1. The summed E-state index contributed by atoms with van der Waals surface area (Å²) in [7, 11) is 3.07. The van der Waals surface area contributed by atoms with Crippen molar-refractivity contribution in [1.82, 2.24) is 4.57 Å². The van der Waals surface area contributed by atoms with Gasteiger partial charge in [-0.3, -0.25) is 9.36 Å². The first kappa shape index (κ1) is 30.5. The van der Waals surface area contributed by atoms with E-state index >= 15 is 0 Å². The van der Waals surface area contributed by atoms with Gasteiger partial charge in [0.1, 0.15) is 12.4 Å². The molecule has 0 bridgehead atoms. The predicted octanol–water partition coefficient (Wildman–Crippen LogP) is 5.51. The molecule has 1 atom stereocenters. The lowest BCUT2D eigenvalue weighted by Gasteiger charge is -2.26. The number of benzene rings is 2. The standard InChI is InChI=1S/C28H25Br2IN2O6S/c1-6-8-39-25-15(9-16(29)11-19(25)31)10-22-26(34)33-24(17-12-20(36-4)21(37-5)13-18(17)30)23(27(35)38-7-2)14(3)32-28(33)40-22/h6,9-13,24H,1,7-8H2,2-5H3/b22-10-/t24-/m0/s1. The van der Waals surface area contributed by atoms with Crippen molar-refractivity contribution in [2.45, 2.75) is 19.9 Å². The van der Waals surface area contributed by atoms with Gasteiger partial charge < -0.3 is 18.9 Å². The number of ether oxygens (including phenoxy) is 4. The zero-order valence-electron chi connectivity index (χ0n) is 22.0. The van der Waals surface area contributed by atoms with Crippen molar-refractivity contribution >= 4 is 77.8 Å². The van der Waals surface area contributed by atoms with Crippen LogP contribution in [0.2, 0.25) is 0 Å². The van der Waals surface area contributed by atoms with E-state index in [0.29, 0.717) is 48.9 Å². The van der Waals surface area contributed by atoms with E-state index in [1.807, 2.05) is 12.1 Å². The summed E-state index contributed by atoms with van der Waals surface area (Å²) in [6.07, 6.45) is 3.44. The molecule has 2 aromatic carbocycles. The Hall–Kier alpha value is -2.42. The Morgan fingerprint density at radius 1 is 1.20 bits per heavy atom. The van der Waals surface area contributed by atoms with Crippen LogP contribution in [-0.2, 0) is 9.53 Å². The van der Waals surface area contributed by atoms with Crippen molar-refractivity contribution in [3.05, 3.63) is 91.5 Å². The summed E-state index contributed by atoms with van der Waals surface area (Å²) in [5, 5.41) is 0. The minimum Gasteiger partial charge on any atom is -0.493 e. The molecule has 0 saturated carbocycles. The van der Waals surface area contributed by atoms with Crippen molar-refractivity contribution in [3.8, 4) is 17.2 Å². The predicted molar refractivity (Wildman–Crippen MR) is 170 cm³/mol. The van der Waals surface area contributed by atoms with Gasteiger partial charge in [-0.1, -0.05) is 55.9 Å². The molecule has 2 heterocycles. The van der Waals surface area contributed by atoms with Crippen LogP contribution < -0.4 is 29.1 Å². The number of aromatic nitrogens is 1. The third kappa shape index (κ3) is 5.95. The average molecular weight is 804 g/mol. The molecular formula is C28H25Br2IN2O6S. The van der Waals surface area contributed by atoms with Gasteiger partial charge in [-0.25, -0.2) is 9.79 Å². The first-order chi connectivity index (χ1) is 19.1. The fourth-order valence-corrected chi connectivity index (χ4v) is 7.57. The number of fused-ring (bicyclic) bond motifs is 1. The van der Waals surface area contributed by atoms with Gasteiger partial charge in [0.2, 0.25) is 0 Å². The van der Waals surface area contributed by atoms with Crippen LogP contribution in [0.15, 0.2) is 66.9 Å². The van der Waals surface area contributed by atoms with Crippen LogP contribution in [0.3, 0.4) is 0 Å². The molecule has 3 aromatic rings. The minimum absolute atomic E-state index is 0.175. The highest BCUT2D eigenvalue weighted by Gasteiger charge is 2.35. The molecule has 40 heavy (non-hydrogen) atoms. The van der Waals surface area contributed by atoms with Gasteiger partial charge >= 0.3 is 5.97 Å². The highest BCUT2D eigenvalue weighted by Crippen LogP contribution is 2.41. The number of esters is 1. The van der Waals surface area contributed by atoms with Crippen LogP contribution in [0.5, 0.6) is 17.2 Å². The van der Waals surface area contributed by atoms with Crippen LogP contribution in [0, 0.1) is 3.57 Å². The molecular weight excluding hydrogens is 779 g/mol. The van der Waals surface area contributed by atoms with Crippen LogP contribution in [-0.4, -0.2) is 38.0 Å². The Kier molecular flexibility index (Phi) is 9.96. The van der Waals surface area contributed by atoms with E-state index < -0.39 is 12.0 Å². The SMILES string of the molecule is C=CCOc1c(I)cc(Br)cc1/C=c1\sc2n(c1=O)[C@@H](c1cc(OC)c(OC)cc1Br)C(C(=O)OCC)=C(C)N=2. The molecule has 0 fully saturated rings. The van der Waals surface area contributed by atoms with E-state index in [0.717, 1.165) is 13.6 Å². The molecule has 1 aromatic heterocycles. The Labute approximate surface area is 265 Å². The van der Waals surface area contributed by atoms with Gasteiger partial charge in [-0.05, 0) is 72.3 Å². The van der Waals surface area contributed by atoms with E-state index in [-0.39, 0.29) is 17.7 Å². The number of halogens is 3. The zero-order chi connectivity index (χ0) is 29.1. The maximum atomic E-state index is 14.1. The van der Waals surface area contributed by atoms with E-state index in [1.165, 1.54) is 30.1 Å². The average Bonchev–Trinajstić information content (AvgIpc) is 3.21. The molecule has 8 nitrogen and oxygen atoms in total. The summed E-state index contributed by atoms with van der Waals surface area (Å²) < 4.78 is 26.6. The first-order valence-electron chi connectivity index (χ1n) is 12.0. The summed E-state index contributed by atoms with van der Waals surface area (Å²) in [5.41, 5.74) is 1.76. The summed E-state index contributed by atoms with van der Waals surface area (Å²) >= 11 is 10.6. The van der Waals surface area contributed by atoms with Crippen molar-refractivity contribution in [3.63, 3.8) is 0 Å². The maximum absolute atomic E-state index is 14.1. The van der Waals surface area contributed by atoms with Gasteiger partial charge in [0.05, 0.1) is 46.2 Å². The normalized spacial score (nSPS) is 14.9. The molecule has 0 aliphatic carbocycles. The van der Waals surface area contributed by atoms with Gasteiger partial charge in [0.15, 0.2) is 16.3 Å². The molecule has 0 N–H and O–H groups in total. The van der Waals surface area contributed by atoms with Crippen molar-refractivity contribution in [1.29, 1.82) is 0 Å². The summed E-state index contributed by atoms with van der Waals surface area (Å²) in [6.45, 7) is 7.69. The number of allylic oxidation sites excluding steroid dienone is 1. The summed E-state index contributed by atoms with van der Waals surface area (Å²) in [4.78, 5) is 32.4. The van der Waals surface area contributed by atoms with Crippen LogP contribution >= 0.6 is 65.8 Å². The van der Waals surface area contributed by atoms with Gasteiger partial charge in [-0.15, -0.1) is 0 Å². The third-order valence-corrected chi connectivity index (χ3v) is 8.91. The maximum Gasteiger partial charge on any atom is 0.338 e. The molecule has 0 unspecified atom stereocenters. The smallest absolute Gasteiger partial charge is 0.338 e. The third-order valence-electron chi connectivity index (χ3n) is 5.98. The molecule has 12 heteroatoms. The Morgan fingerprint density at radius 2 is 1.90 bits per heavy atom. The number of hydrogen-bond donors (Lipinski definition) is 0. The first-order valence-corrected chi connectivity index (χ1v) is 15.5. The quantitative estimate of drug-likeness (QED) is 0.161. The summed E-state index contributed by atoms with van der Waals surface area (Å²) in [5.74, 6) is 1.04. The van der Waals surface area contributed by atoms with E-state index in [1.54, 1.807) is 38.1 Å². The van der Waals surface area contributed by atoms with Crippen LogP contribution in [0.25, 0.3) is 6.08 Å². The zero-order valence-corrected chi connectivity index (χ0v) is 28.2. The Bertz CT molecular complexity index is 1710. The largest absolute Gasteiger partial charge is 0.493 e. The van der Waals surface area contributed by atoms with Crippen LogP contribution in [0.1, 0.15) is 31.0 Å². The molecule has 0 spiro atoms. The molecule has 1 aliphatic rings. The second-order valence-corrected chi connectivity index (χ2v) is 12.4. The number of carbonyl (C=O) groups is 1. The molecule has 0 amide bonds. The molecule has 0 radical (unpaired) electrons. The highest BCUT2D eigenvalue weighted by molar-refractivity contribution is 14.1. The fourth-order valence-electron chi connectivity index (χ4n) is 4.29. The number of carbonyl (C=O) groups excluding carboxylic acids is 1. The second-order valence-electron chi connectivity index (χ2n) is 8.44. The number of hydrogen-bond acceptors (Lipinski definition) is 8. The van der Waals surface area contributed by atoms with Crippen molar-refractivity contribution < 1.29 is 23.7 Å². The number of nitrogens with zero attached hydrogens (tertiary/aromatic N) is 2. The van der Waals surface area contributed by atoms with Crippen LogP contribution in [0.4, 0.5) is 0 Å². The number of methoxy groups -OCH3 is 2. The highest BCUT2D eigenvalue weighted by atomic mass is 127. The van der Waals surface area contributed by atoms with E-state index in [2.05, 4.69) is 66.0 Å². The lowest BCUT2D eigenvalue weighted by Crippen LogP contribution is -2.40. The molecule has 210 valence electrons. The Balaban J connectivity index is 2.02. The minimum atomic E-state index is -0.828. The van der Waals surface area contributed by atoms with Crippen molar-refractivity contribution in [2.24, 2.45) is 4.99 Å². The van der Waals surface area contributed by atoms with E-state index in [4.69, 9.17) is 18.9 Å². The van der Waals surface area contributed by atoms with Gasteiger partial charge in [0.25, 0.3) is 5.56 Å². The lowest BCUT2D eigenvalue weighted by atomic mass is 9.95. The number of rotatable bonds is 9. The van der Waals surface area contributed by atoms with Gasteiger partial charge in [-0.2, -0.15) is 0 Å². The lowest BCUT2D eigenvalue weighted by molar-refractivity contribution is -0.139. The van der Waals surface area contributed by atoms with Crippen molar-refractivity contribution in [2.75, 3.05) is 27.4 Å². The molecule has 4 rings (SSSR count).